The molecule has 4 N–H and O–H groups in total. The molecule has 1 aliphatic rings. The standard InChI is InChI=1S/C27H22N4O6S/c32-24(21(29-25(33)26(34)35)13-23-28-20-11-5-6-12-22(20)38-23)30-31-27(36)37-14-19-17-9-3-1-7-15(17)16-8-2-4-10-18(16)19/h1-12,19,21H,13-14H2,(H,29,33)(H,30,32)(H,31,36)(H,34,35). The molecule has 1 aromatic heterocycles. The van der Waals surface area contributed by atoms with E-state index in [1.54, 1.807) is 6.07 Å². The highest BCUT2D eigenvalue weighted by molar-refractivity contribution is 7.18. The molecule has 10 nitrogen and oxygen atoms in total. The second-order valence-corrected chi connectivity index (χ2v) is 9.67. The van der Waals surface area contributed by atoms with Crippen LogP contribution in [0.2, 0.25) is 0 Å². The van der Waals surface area contributed by atoms with Crippen LogP contribution in [0.15, 0.2) is 72.8 Å². The van der Waals surface area contributed by atoms with E-state index in [9.17, 15) is 19.2 Å². The Morgan fingerprint density at radius 3 is 2.18 bits per heavy atom. The second kappa shape index (κ2) is 10.7. The van der Waals surface area contributed by atoms with Gasteiger partial charge in [0.1, 0.15) is 12.6 Å². The molecule has 1 aliphatic carbocycles. The van der Waals surface area contributed by atoms with E-state index in [1.807, 2.05) is 66.7 Å². The third-order valence-electron chi connectivity index (χ3n) is 6.16. The van der Waals surface area contributed by atoms with Crippen molar-refractivity contribution in [3.05, 3.63) is 88.9 Å². The Bertz CT molecular complexity index is 1470. The van der Waals surface area contributed by atoms with Crippen molar-refractivity contribution in [1.82, 2.24) is 21.2 Å². The van der Waals surface area contributed by atoms with Crippen LogP contribution in [0.1, 0.15) is 22.1 Å². The molecule has 0 fully saturated rings. The zero-order valence-electron chi connectivity index (χ0n) is 19.8. The summed E-state index contributed by atoms with van der Waals surface area (Å²) in [5.74, 6) is -4.08. The molecule has 3 amide bonds. The molecule has 0 saturated heterocycles. The van der Waals surface area contributed by atoms with E-state index in [-0.39, 0.29) is 18.9 Å². The fourth-order valence-corrected chi connectivity index (χ4v) is 5.46. The summed E-state index contributed by atoms with van der Waals surface area (Å²) in [4.78, 5) is 52.5. The molecule has 0 aliphatic heterocycles. The van der Waals surface area contributed by atoms with E-state index in [0.717, 1.165) is 27.0 Å². The van der Waals surface area contributed by atoms with Crippen molar-refractivity contribution >= 4 is 45.4 Å². The third kappa shape index (κ3) is 5.18. The number of ether oxygens (including phenoxy) is 1. The SMILES string of the molecule is O=C(NNC(=O)C(Cc1nc2ccccc2s1)NC(=O)C(=O)O)OCC1c2ccccc2-c2ccccc21. The minimum atomic E-state index is -1.74. The topological polar surface area (TPSA) is 147 Å². The number of carboxylic acids is 1. The van der Waals surface area contributed by atoms with Crippen molar-refractivity contribution in [3.63, 3.8) is 0 Å². The number of hydrogen-bond acceptors (Lipinski definition) is 7. The number of thiazole rings is 1. The van der Waals surface area contributed by atoms with E-state index >= 15 is 0 Å². The van der Waals surface area contributed by atoms with Gasteiger partial charge in [-0.2, -0.15) is 0 Å². The molecular weight excluding hydrogens is 508 g/mol. The largest absolute Gasteiger partial charge is 0.474 e. The van der Waals surface area contributed by atoms with Crippen LogP contribution in [0.25, 0.3) is 21.3 Å². The number of hydrogen-bond donors (Lipinski definition) is 4. The van der Waals surface area contributed by atoms with E-state index < -0.39 is 29.9 Å². The van der Waals surface area contributed by atoms with Crippen molar-refractivity contribution in [3.8, 4) is 11.1 Å². The zero-order chi connectivity index (χ0) is 26.6. The summed E-state index contributed by atoms with van der Waals surface area (Å²) < 4.78 is 6.27. The molecule has 1 heterocycles. The molecule has 38 heavy (non-hydrogen) atoms. The van der Waals surface area contributed by atoms with E-state index in [4.69, 9.17) is 9.84 Å². The predicted octanol–water partition coefficient (Wildman–Crippen LogP) is 2.98. The highest BCUT2D eigenvalue weighted by atomic mass is 32.1. The molecule has 1 unspecified atom stereocenters. The van der Waals surface area contributed by atoms with Crippen molar-refractivity contribution in [2.75, 3.05) is 6.61 Å². The molecular formula is C27H22N4O6S. The molecule has 11 heteroatoms. The van der Waals surface area contributed by atoms with Crippen LogP contribution in [0.3, 0.4) is 0 Å². The molecule has 0 bridgehead atoms. The Labute approximate surface area is 220 Å². The summed E-state index contributed by atoms with van der Waals surface area (Å²) in [6, 6.07) is 21.8. The number of benzene rings is 3. The number of para-hydroxylation sites is 1. The van der Waals surface area contributed by atoms with Crippen LogP contribution >= 0.6 is 11.3 Å². The number of nitrogens with zero attached hydrogens (tertiary/aromatic N) is 1. The molecule has 0 saturated carbocycles. The highest BCUT2D eigenvalue weighted by Gasteiger charge is 2.30. The maximum absolute atomic E-state index is 12.8. The number of carboxylic acid groups (broad SMARTS) is 1. The Morgan fingerprint density at radius 2 is 1.53 bits per heavy atom. The van der Waals surface area contributed by atoms with Crippen molar-refractivity contribution in [2.45, 2.75) is 18.4 Å². The Balaban J connectivity index is 1.21. The summed E-state index contributed by atoms with van der Waals surface area (Å²) >= 11 is 1.31. The minimum Gasteiger partial charge on any atom is -0.474 e. The van der Waals surface area contributed by atoms with Crippen molar-refractivity contribution < 1.29 is 29.0 Å². The van der Waals surface area contributed by atoms with Crippen LogP contribution in [0.4, 0.5) is 4.79 Å². The molecule has 4 aromatic rings. The molecule has 3 aromatic carbocycles. The maximum atomic E-state index is 12.8. The average molecular weight is 531 g/mol. The lowest BCUT2D eigenvalue weighted by molar-refractivity contribution is -0.151. The van der Waals surface area contributed by atoms with Gasteiger partial charge in [-0.3, -0.25) is 15.0 Å². The minimum absolute atomic E-state index is 0.0423. The van der Waals surface area contributed by atoms with Crippen LogP contribution < -0.4 is 16.2 Å². The fourth-order valence-electron chi connectivity index (χ4n) is 4.45. The predicted molar refractivity (Wildman–Crippen MR) is 139 cm³/mol. The summed E-state index contributed by atoms with van der Waals surface area (Å²) in [6.07, 6.45) is -0.972. The number of amides is 3. The lowest BCUT2D eigenvalue weighted by Gasteiger charge is -2.18. The third-order valence-corrected chi connectivity index (χ3v) is 7.22. The Kier molecular flexibility index (Phi) is 7.00. The molecule has 0 spiro atoms. The number of hydrazine groups is 1. The quantitative estimate of drug-likeness (QED) is 0.221. The van der Waals surface area contributed by atoms with E-state index in [0.29, 0.717) is 10.5 Å². The maximum Gasteiger partial charge on any atom is 0.426 e. The van der Waals surface area contributed by atoms with Crippen LogP contribution in [0.5, 0.6) is 0 Å². The lowest BCUT2D eigenvalue weighted by Crippen LogP contribution is -2.54. The van der Waals surface area contributed by atoms with Gasteiger partial charge >= 0.3 is 18.0 Å². The molecule has 192 valence electrons. The van der Waals surface area contributed by atoms with Gasteiger partial charge in [0.2, 0.25) is 0 Å². The summed E-state index contributed by atoms with van der Waals surface area (Å²) in [7, 11) is 0. The smallest absolute Gasteiger partial charge is 0.426 e. The Hall–Kier alpha value is -4.77. The summed E-state index contributed by atoms with van der Waals surface area (Å²) in [5, 5.41) is 11.6. The van der Waals surface area contributed by atoms with E-state index in [1.165, 1.54) is 11.3 Å². The monoisotopic (exact) mass is 530 g/mol. The fraction of sp³-hybridized carbons (Fsp3) is 0.148. The number of carbonyl (C=O) groups excluding carboxylic acids is 3. The van der Waals surface area contributed by atoms with Crippen molar-refractivity contribution in [2.24, 2.45) is 0 Å². The van der Waals surface area contributed by atoms with Crippen LogP contribution in [-0.2, 0) is 25.5 Å². The van der Waals surface area contributed by atoms with Gasteiger partial charge in [0, 0.05) is 12.3 Å². The van der Waals surface area contributed by atoms with Crippen LogP contribution in [0, 0.1) is 0 Å². The first-order valence-electron chi connectivity index (χ1n) is 11.7. The lowest BCUT2D eigenvalue weighted by atomic mass is 9.98. The first-order valence-corrected chi connectivity index (χ1v) is 12.5. The van der Waals surface area contributed by atoms with Gasteiger partial charge in [-0.15, -0.1) is 11.3 Å². The number of nitrogens with one attached hydrogen (secondary N) is 3. The van der Waals surface area contributed by atoms with Crippen molar-refractivity contribution in [1.29, 1.82) is 0 Å². The molecule has 0 radical (unpaired) electrons. The normalized spacial score (nSPS) is 12.7. The van der Waals surface area contributed by atoms with Gasteiger partial charge in [-0.1, -0.05) is 60.7 Å². The van der Waals surface area contributed by atoms with Gasteiger partial charge < -0.3 is 15.2 Å². The van der Waals surface area contributed by atoms with Gasteiger partial charge in [-0.05, 0) is 34.4 Å². The average Bonchev–Trinajstić information content (AvgIpc) is 3.48. The molecule has 5 rings (SSSR count). The number of aliphatic carboxylic acids is 1. The van der Waals surface area contributed by atoms with Crippen LogP contribution in [-0.4, -0.2) is 46.6 Å². The van der Waals surface area contributed by atoms with Gasteiger partial charge in [0.25, 0.3) is 5.91 Å². The van der Waals surface area contributed by atoms with E-state index in [2.05, 4.69) is 21.2 Å². The number of fused-ring (bicyclic) bond motifs is 4. The number of rotatable bonds is 6. The number of aromatic nitrogens is 1. The first-order chi connectivity index (χ1) is 18.4. The number of carbonyl (C=O) groups is 4. The van der Waals surface area contributed by atoms with Gasteiger partial charge in [0.05, 0.1) is 15.2 Å². The second-order valence-electron chi connectivity index (χ2n) is 8.55. The van der Waals surface area contributed by atoms with Gasteiger partial charge in [0.15, 0.2) is 0 Å². The highest BCUT2D eigenvalue weighted by Crippen LogP contribution is 2.44. The Morgan fingerprint density at radius 1 is 0.895 bits per heavy atom. The first kappa shape index (κ1) is 24.9. The molecule has 1 atom stereocenters. The summed E-state index contributed by atoms with van der Waals surface area (Å²) in [5.41, 5.74) is 9.33. The zero-order valence-corrected chi connectivity index (χ0v) is 20.7. The summed E-state index contributed by atoms with van der Waals surface area (Å²) in [6.45, 7) is 0.0423. The van der Waals surface area contributed by atoms with Gasteiger partial charge in [-0.25, -0.2) is 20.0 Å².